The van der Waals surface area contributed by atoms with Crippen LogP contribution >= 0.6 is 15.9 Å². The summed E-state index contributed by atoms with van der Waals surface area (Å²) in [6, 6.07) is 11.0. The zero-order chi connectivity index (χ0) is 17.1. The quantitative estimate of drug-likeness (QED) is 0.672. The minimum atomic E-state index is -0.465. The van der Waals surface area contributed by atoms with Gasteiger partial charge in [-0.05, 0) is 23.8 Å². The van der Waals surface area contributed by atoms with Gasteiger partial charge >= 0.3 is 5.97 Å². The predicted molar refractivity (Wildman–Crippen MR) is 93.9 cm³/mol. The molecule has 7 heteroatoms. The van der Waals surface area contributed by atoms with Crippen molar-refractivity contribution in [1.82, 2.24) is 9.97 Å². The molecule has 0 aliphatic heterocycles. The van der Waals surface area contributed by atoms with Gasteiger partial charge in [0, 0.05) is 9.86 Å². The van der Waals surface area contributed by atoms with Crippen molar-refractivity contribution in [2.75, 3.05) is 12.4 Å². The van der Waals surface area contributed by atoms with E-state index in [2.05, 4.69) is 36.0 Å². The lowest BCUT2D eigenvalue weighted by molar-refractivity contribution is -0.115. The molecular formula is C17H14BrN3O3. The van der Waals surface area contributed by atoms with Crippen LogP contribution in [0, 0.1) is 0 Å². The molecule has 0 radical (unpaired) electrons. The topological polar surface area (TPSA) is 84.1 Å². The SMILES string of the molecule is COC(=O)c1cc2cc(NC(=O)Cc3ccccc3Br)cnc2[nH]1. The minimum Gasteiger partial charge on any atom is -0.464 e. The Bertz CT molecular complexity index is 920. The summed E-state index contributed by atoms with van der Waals surface area (Å²) in [5.74, 6) is -0.612. The van der Waals surface area contributed by atoms with E-state index in [1.54, 1.807) is 12.1 Å². The standard InChI is InChI=1S/C17H14BrN3O3/c1-24-17(23)14-7-11-6-12(9-19-16(11)21-14)20-15(22)8-10-4-2-3-5-13(10)18/h2-7,9H,8H2,1H3,(H,19,21)(H,20,22). The van der Waals surface area contributed by atoms with Gasteiger partial charge in [0.15, 0.2) is 0 Å². The van der Waals surface area contributed by atoms with Crippen molar-refractivity contribution in [3.63, 3.8) is 0 Å². The molecule has 0 aliphatic carbocycles. The Labute approximate surface area is 146 Å². The van der Waals surface area contributed by atoms with Gasteiger partial charge in [0.1, 0.15) is 11.3 Å². The highest BCUT2D eigenvalue weighted by Crippen LogP contribution is 2.20. The Hall–Kier alpha value is -2.67. The highest BCUT2D eigenvalue weighted by molar-refractivity contribution is 9.10. The normalized spacial score (nSPS) is 10.6. The second kappa shape index (κ2) is 6.84. The number of H-pyrrole nitrogens is 1. The van der Waals surface area contributed by atoms with Crippen molar-refractivity contribution in [1.29, 1.82) is 0 Å². The van der Waals surface area contributed by atoms with Crippen molar-refractivity contribution >= 4 is 44.5 Å². The van der Waals surface area contributed by atoms with Gasteiger partial charge in [-0.25, -0.2) is 9.78 Å². The summed E-state index contributed by atoms with van der Waals surface area (Å²) in [7, 11) is 1.31. The molecule has 6 nitrogen and oxygen atoms in total. The molecule has 0 unspecified atom stereocenters. The van der Waals surface area contributed by atoms with E-state index in [9.17, 15) is 9.59 Å². The average Bonchev–Trinajstić information content (AvgIpc) is 2.99. The van der Waals surface area contributed by atoms with Crippen LogP contribution in [0.2, 0.25) is 0 Å². The molecule has 0 spiro atoms. The third kappa shape index (κ3) is 3.46. The van der Waals surface area contributed by atoms with Gasteiger partial charge in [-0.1, -0.05) is 34.1 Å². The summed E-state index contributed by atoms with van der Waals surface area (Å²) in [4.78, 5) is 30.8. The molecular weight excluding hydrogens is 374 g/mol. The number of aromatic nitrogens is 2. The number of pyridine rings is 1. The van der Waals surface area contributed by atoms with Gasteiger partial charge in [0.25, 0.3) is 0 Å². The van der Waals surface area contributed by atoms with Gasteiger partial charge in [0.2, 0.25) is 5.91 Å². The monoisotopic (exact) mass is 387 g/mol. The first-order valence-corrected chi connectivity index (χ1v) is 7.96. The molecule has 0 saturated carbocycles. The van der Waals surface area contributed by atoms with Crippen LogP contribution in [0.5, 0.6) is 0 Å². The van der Waals surface area contributed by atoms with E-state index in [1.165, 1.54) is 13.3 Å². The summed E-state index contributed by atoms with van der Waals surface area (Å²) < 4.78 is 5.56. The lowest BCUT2D eigenvalue weighted by Gasteiger charge is -2.06. The van der Waals surface area contributed by atoms with E-state index in [0.717, 1.165) is 10.0 Å². The molecule has 0 saturated heterocycles. The number of fused-ring (bicyclic) bond motifs is 1. The van der Waals surface area contributed by atoms with Crippen LogP contribution in [0.4, 0.5) is 5.69 Å². The van der Waals surface area contributed by atoms with Gasteiger partial charge in [-0.3, -0.25) is 4.79 Å². The highest BCUT2D eigenvalue weighted by Gasteiger charge is 2.12. The Balaban J connectivity index is 1.76. The van der Waals surface area contributed by atoms with Crippen LogP contribution in [0.15, 0.2) is 47.1 Å². The number of carbonyl (C=O) groups is 2. The number of ether oxygens (including phenoxy) is 1. The number of nitrogens with one attached hydrogen (secondary N) is 2. The van der Waals surface area contributed by atoms with E-state index in [-0.39, 0.29) is 12.3 Å². The van der Waals surface area contributed by atoms with Gasteiger partial charge in [-0.2, -0.15) is 0 Å². The molecule has 0 fully saturated rings. The molecule has 2 heterocycles. The van der Waals surface area contributed by atoms with Crippen LogP contribution in [0.1, 0.15) is 16.1 Å². The second-order valence-corrected chi connectivity index (χ2v) is 6.01. The first kappa shape index (κ1) is 16.2. The molecule has 122 valence electrons. The maximum absolute atomic E-state index is 12.2. The number of halogens is 1. The molecule has 0 atom stereocenters. The average molecular weight is 388 g/mol. The molecule has 1 amide bonds. The highest BCUT2D eigenvalue weighted by atomic mass is 79.9. The molecule has 0 bridgehead atoms. The number of carbonyl (C=O) groups excluding carboxylic acids is 2. The fraction of sp³-hybridized carbons (Fsp3) is 0.118. The fourth-order valence-corrected chi connectivity index (χ4v) is 2.75. The number of nitrogens with zero attached hydrogens (tertiary/aromatic N) is 1. The molecule has 0 aliphatic rings. The predicted octanol–water partition coefficient (Wildman–Crippen LogP) is 3.29. The lowest BCUT2D eigenvalue weighted by Crippen LogP contribution is -2.14. The molecule has 3 aromatic rings. The number of anilines is 1. The maximum atomic E-state index is 12.2. The molecule has 1 aromatic carbocycles. The van der Waals surface area contributed by atoms with Gasteiger partial charge < -0.3 is 15.0 Å². The number of rotatable bonds is 4. The molecule has 2 aromatic heterocycles. The number of methoxy groups -OCH3 is 1. The van der Waals surface area contributed by atoms with Crippen LogP contribution in [0.3, 0.4) is 0 Å². The first-order valence-electron chi connectivity index (χ1n) is 7.17. The number of hydrogen-bond acceptors (Lipinski definition) is 4. The van der Waals surface area contributed by atoms with E-state index >= 15 is 0 Å². The molecule has 24 heavy (non-hydrogen) atoms. The lowest BCUT2D eigenvalue weighted by atomic mass is 10.1. The van der Waals surface area contributed by atoms with Crippen LogP contribution in [-0.4, -0.2) is 29.0 Å². The largest absolute Gasteiger partial charge is 0.464 e. The minimum absolute atomic E-state index is 0.147. The smallest absolute Gasteiger partial charge is 0.354 e. The van der Waals surface area contributed by atoms with E-state index in [1.807, 2.05) is 24.3 Å². The van der Waals surface area contributed by atoms with Crippen molar-refractivity contribution in [3.05, 3.63) is 58.3 Å². The maximum Gasteiger partial charge on any atom is 0.354 e. The number of benzene rings is 1. The van der Waals surface area contributed by atoms with Crippen LogP contribution < -0.4 is 5.32 Å². The van der Waals surface area contributed by atoms with Crippen LogP contribution in [0.25, 0.3) is 11.0 Å². The Morgan fingerprint density at radius 3 is 2.83 bits per heavy atom. The van der Waals surface area contributed by atoms with Crippen molar-refractivity contribution in [3.8, 4) is 0 Å². The zero-order valence-electron chi connectivity index (χ0n) is 12.8. The van der Waals surface area contributed by atoms with E-state index in [4.69, 9.17) is 0 Å². The zero-order valence-corrected chi connectivity index (χ0v) is 14.4. The second-order valence-electron chi connectivity index (χ2n) is 5.15. The third-order valence-electron chi connectivity index (χ3n) is 3.47. The van der Waals surface area contributed by atoms with Gasteiger partial charge in [0.05, 0.1) is 25.4 Å². The third-order valence-corrected chi connectivity index (χ3v) is 4.24. The Morgan fingerprint density at radius 1 is 1.29 bits per heavy atom. The first-order chi connectivity index (χ1) is 11.6. The van der Waals surface area contributed by atoms with Crippen molar-refractivity contribution in [2.24, 2.45) is 0 Å². The summed E-state index contributed by atoms with van der Waals surface area (Å²) >= 11 is 3.43. The van der Waals surface area contributed by atoms with Crippen molar-refractivity contribution in [2.45, 2.75) is 6.42 Å². The fourth-order valence-electron chi connectivity index (χ4n) is 2.32. The van der Waals surface area contributed by atoms with Gasteiger partial charge in [-0.15, -0.1) is 0 Å². The molecule has 3 rings (SSSR count). The van der Waals surface area contributed by atoms with E-state index < -0.39 is 5.97 Å². The summed E-state index contributed by atoms with van der Waals surface area (Å²) in [6.07, 6.45) is 1.79. The number of hydrogen-bond donors (Lipinski definition) is 2. The number of amides is 1. The van der Waals surface area contributed by atoms with Crippen LogP contribution in [-0.2, 0) is 16.0 Å². The summed E-state index contributed by atoms with van der Waals surface area (Å²) in [5.41, 5.74) is 2.34. The summed E-state index contributed by atoms with van der Waals surface area (Å²) in [6.45, 7) is 0. The number of aromatic amines is 1. The van der Waals surface area contributed by atoms with E-state index in [0.29, 0.717) is 22.4 Å². The van der Waals surface area contributed by atoms with Crippen molar-refractivity contribution < 1.29 is 14.3 Å². The number of esters is 1. The molecule has 2 N–H and O–H groups in total. The Morgan fingerprint density at radius 2 is 2.08 bits per heavy atom. The Kier molecular flexibility index (Phi) is 4.61. The summed E-state index contributed by atoms with van der Waals surface area (Å²) in [5, 5.41) is 3.53.